The summed E-state index contributed by atoms with van der Waals surface area (Å²) in [5.74, 6) is -0.635. The number of ether oxygens (including phenoxy) is 1. The standard InChI is InChI=1S/C13H14INO3/c1-2-18-13(17)9-6-12(16)15(8-9)11-5-3-4-10(14)7-11/h3-5,7,9H,2,6,8H2,1H3. The second kappa shape index (κ2) is 5.69. The summed E-state index contributed by atoms with van der Waals surface area (Å²) < 4.78 is 6.03. The first kappa shape index (κ1) is 13.3. The van der Waals surface area contributed by atoms with Gasteiger partial charge in [0.2, 0.25) is 5.91 Å². The summed E-state index contributed by atoms with van der Waals surface area (Å²) in [6.45, 7) is 2.54. The van der Waals surface area contributed by atoms with Crippen LogP contribution in [0.3, 0.4) is 0 Å². The molecule has 2 rings (SSSR count). The molecule has 0 N–H and O–H groups in total. The maximum Gasteiger partial charge on any atom is 0.311 e. The molecule has 1 unspecified atom stereocenters. The van der Waals surface area contributed by atoms with Crippen LogP contribution >= 0.6 is 22.6 Å². The van der Waals surface area contributed by atoms with Gasteiger partial charge in [-0.1, -0.05) is 6.07 Å². The highest BCUT2D eigenvalue weighted by atomic mass is 127. The number of hydrogen-bond acceptors (Lipinski definition) is 3. The van der Waals surface area contributed by atoms with E-state index in [9.17, 15) is 9.59 Å². The van der Waals surface area contributed by atoms with E-state index in [2.05, 4.69) is 22.6 Å². The van der Waals surface area contributed by atoms with Gasteiger partial charge >= 0.3 is 5.97 Å². The van der Waals surface area contributed by atoms with Crippen LogP contribution in [0.5, 0.6) is 0 Å². The normalized spacial score (nSPS) is 19.1. The Kier molecular flexibility index (Phi) is 4.21. The molecule has 96 valence electrons. The van der Waals surface area contributed by atoms with Crippen molar-refractivity contribution in [3.8, 4) is 0 Å². The van der Waals surface area contributed by atoms with Crippen molar-refractivity contribution in [2.75, 3.05) is 18.1 Å². The van der Waals surface area contributed by atoms with Gasteiger partial charge < -0.3 is 9.64 Å². The van der Waals surface area contributed by atoms with Crippen LogP contribution in [0.15, 0.2) is 24.3 Å². The second-order valence-electron chi connectivity index (χ2n) is 4.14. The minimum absolute atomic E-state index is 0.0185. The van der Waals surface area contributed by atoms with E-state index in [0.29, 0.717) is 13.2 Å². The fraction of sp³-hybridized carbons (Fsp3) is 0.385. The minimum Gasteiger partial charge on any atom is -0.466 e. The minimum atomic E-state index is -0.338. The van der Waals surface area contributed by atoms with Crippen molar-refractivity contribution < 1.29 is 14.3 Å². The quantitative estimate of drug-likeness (QED) is 0.614. The molecule has 0 bridgehead atoms. The molecular formula is C13H14INO3. The number of esters is 1. The van der Waals surface area contributed by atoms with E-state index in [0.717, 1.165) is 9.26 Å². The van der Waals surface area contributed by atoms with E-state index >= 15 is 0 Å². The number of nitrogens with zero attached hydrogens (tertiary/aromatic N) is 1. The Labute approximate surface area is 119 Å². The molecule has 1 aromatic carbocycles. The smallest absolute Gasteiger partial charge is 0.311 e. The van der Waals surface area contributed by atoms with Crippen molar-refractivity contribution in [1.82, 2.24) is 0 Å². The molecule has 4 nitrogen and oxygen atoms in total. The van der Waals surface area contributed by atoms with E-state index in [1.165, 1.54) is 0 Å². The first-order valence-electron chi connectivity index (χ1n) is 5.84. The molecule has 18 heavy (non-hydrogen) atoms. The van der Waals surface area contributed by atoms with Gasteiger partial charge in [-0.15, -0.1) is 0 Å². The van der Waals surface area contributed by atoms with Crippen molar-refractivity contribution in [2.24, 2.45) is 5.92 Å². The van der Waals surface area contributed by atoms with Crippen molar-refractivity contribution in [2.45, 2.75) is 13.3 Å². The van der Waals surface area contributed by atoms with Crippen LogP contribution in [0.2, 0.25) is 0 Å². The molecular weight excluding hydrogens is 345 g/mol. The summed E-state index contributed by atoms with van der Waals surface area (Å²) >= 11 is 2.20. The van der Waals surface area contributed by atoms with Crippen LogP contribution < -0.4 is 4.90 Å². The van der Waals surface area contributed by atoms with Gasteiger partial charge in [0, 0.05) is 22.2 Å². The third kappa shape index (κ3) is 2.82. The highest BCUT2D eigenvalue weighted by Gasteiger charge is 2.35. The van der Waals surface area contributed by atoms with Gasteiger partial charge in [-0.05, 0) is 47.7 Å². The molecule has 1 amide bonds. The van der Waals surface area contributed by atoms with Crippen LogP contribution in [0, 0.1) is 9.49 Å². The first-order valence-corrected chi connectivity index (χ1v) is 6.92. The summed E-state index contributed by atoms with van der Waals surface area (Å²) in [6.07, 6.45) is 0.240. The third-order valence-corrected chi connectivity index (χ3v) is 3.54. The molecule has 1 heterocycles. The fourth-order valence-corrected chi connectivity index (χ4v) is 2.55. The summed E-state index contributed by atoms with van der Waals surface area (Å²) in [5, 5.41) is 0. The molecule has 0 spiro atoms. The van der Waals surface area contributed by atoms with Crippen LogP contribution in [0.4, 0.5) is 5.69 Å². The Balaban J connectivity index is 2.12. The maximum atomic E-state index is 11.9. The predicted molar refractivity (Wildman–Crippen MR) is 76.3 cm³/mol. The number of halogens is 1. The molecule has 0 aliphatic carbocycles. The highest BCUT2D eigenvalue weighted by molar-refractivity contribution is 14.1. The number of anilines is 1. The number of hydrogen-bond donors (Lipinski definition) is 0. The zero-order chi connectivity index (χ0) is 13.1. The molecule has 0 saturated carbocycles. The number of benzene rings is 1. The Bertz CT molecular complexity index is 475. The summed E-state index contributed by atoms with van der Waals surface area (Å²) in [6, 6.07) is 7.69. The Morgan fingerprint density at radius 2 is 2.33 bits per heavy atom. The van der Waals surface area contributed by atoms with E-state index in [-0.39, 0.29) is 24.2 Å². The molecule has 1 atom stereocenters. The lowest BCUT2D eigenvalue weighted by Crippen LogP contribution is -2.26. The average Bonchev–Trinajstić information content (AvgIpc) is 2.72. The molecule has 1 fully saturated rings. The van der Waals surface area contributed by atoms with Gasteiger partial charge in [-0.3, -0.25) is 9.59 Å². The van der Waals surface area contributed by atoms with E-state index in [1.54, 1.807) is 11.8 Å². The van der Waals surface area contributed by atoms with Crippen LogP contribution in [-0.4, -0.2) is 25.0 Å². The SMILES string of the molecule is CCOC(=O)C1CC(=O)N(c2cccc(I)c2)C1. The number of carbonyl (C=O) groups is 2. The largest absolute Gasteiger partial charge is 0.466 e. The van der Waals surface area contributed by atoms with Gasteiger partial charge in [0.25, 0.3) is 0 Å². The summed E-state index contributed by atoms with van der Waals surface area (Å²) in [4.78, 5) is 25.2. The van der Waals surface area contributed by atoms with Crippen LogP contribution in [0.1, 0.15) is 13.3 Å². The van der Waals surface area contributed by atoms with E-state index in [4.69, 9.17) is 4.74 Å². The van der Waals surface area contributed by atoms with Crippen LogP contribution in [-0.2, 0) is 14.3 Å². The Hall–Kier alpha value is -1.11. The van der Waals surface area contributed by atoms with Gasteiger partial charge in [0.05, 0.1) is 12.5 Å². The van der Waals surface area contributed by atoms with Crippen LogP contribution in [0.25, 0.3) is 0 Å². The van der Waals surface area contributed by atoms with Gasteiger partial charge in [-0.2, -0.15) is 0 Å². The lowest BCUT2D eigenvalue weighted by molar-refractivity contribution is -0.147. The van der Waals surface area contributed by atoms with Gasteiger partial charge in [0.15, 0.2) is 0 Å². The molecule has 1 aliphatic heterocycles. The van der Waals surface area contributed by atoms with E-state index in [1.807, 2.05) is 24.3 Å². The number of carbonyl (C=O) groups excluding carboxylic acids is 2. The monoisotopic (exact) mass is 359 g/mol. The molecule has 0 aromatic heterocycles. The van der Waals surface area contributed by atoms with E-state index < -0.39 is 0 Å². The lowest BCUT2D eigenvalue weighted by atomic mass is 10.1. The van der Waals surface area contributed by atoms with Gasteiger partial charge in [-0.25, -0.2) is 0 Å². The molecule has 0 radical (unpaired) electrons. The number of amides is 1. The van der Waals surface area contributed by atoms with Gasteiger partial charge in [0.1, 0.15) is 0 Å². The molecule has 1 aromatic rings. The second-order valence-corrected chi connectivity index (χ2v) is 5.38. The zero-order valence-electron chi connectivity index (χ0n) is 10.1. The topological polar surface area (TPSA) is 46.6 Å². The molecule has 5 heteroatoms. The summed E-state index contributed by atoms with van der Waals surface area (Å²) in [5.41, 5.74) is 0.846. The number of rotatable bonds is 3. The molecule has 1 saturated heterocycles. The fourth-order valence-electron chi connectivity index (χ4n) is 2.02. The van der Waals surface area contributed by atoms with Crippen molar-refractivity contribution in [3.63, 3.8) is 0 Å². The first-order chi connectivity index (χ1) is 8.61. The third-order valence-electron chi connectivity index (χ3n) is 2.86. The lowest BCUT2D eigenvalue weighted by Gasteiger charge is -2.16. The Morgan fingerprint density at radius 1 is 1.56 bits per heavy atom. The van der Waals surface area contributed by atoms with Crippen molar-refractivity contribution >= 4 is 40.2 Å². The molecule has 1 aliphatic rings. The average molecular weight is 359 g/mol. The summed E-state index contributed by atoms with van der Waals surface area (Å²) in [7, 11) is 0. The maximum absolute atomic E-state index is 11.9. The zero-order valence-corrected chi connectivity index (χ0v) is 12.2. The predicted octanol–water partition coefficient (Wildman–Crippen LogP) is 2.21. The van der Waals surface area contributed by atoms with Crippen molar-refractivity contribution in [3.05, 3.63) is 27.8 Å². The van der Waals surface area contributed by atoms with Crippen molar-refractivity contribution in [1.29, 1.82) is 0 Å². The highest BCUT2D eigenvalue weighted by Crippen LogP contribution is 2.26. The Morgan fingerprint density at radius 3 is 3.00 bits per heavy atom.